The third-order valence-electron chi connectivity index (χ3n) is 13.1. The Morgan fingerprint density at radius 1 is 0.536 bits per heavy atom. The lowest BCUT2D eigenvalue weighted by atomic mass is 9.65. The van der Waals surface area contributed by atoms with Crippen molar-refractivity contribution in [2.24, 2.45) is 0 Å². The minimum atomic E-state index is -0.762. The van der Waals surface area contributed by atoms with Crippen LogP contribution in [0.15, 0.2) is 197 Å². The zero-order valence-electron chi connectivity index (χ0n) is 30.9. The first-order chi connectivity index (χ1) is 27.8. The van der Waals surface area contributed by atoms with E-state index >= 15 is 0 Å². The van der Waals surface area contributed by atoms with E-state index in [4.69, 9.17) is 4.42 Å². The predicted molar refractivity (Wildman–Crippen MR) is 229 cm³/mol. The number of fused-ring (bicyclic) bond motifs is 11. The van der Waals surface area contributed by atoms with Crippen LogP contribution >= 0.6 is 0 Å². The number of hydrogen-bond acceptors (Lipinski definition) is 2. The second kappa shape index (κ2) is 11.8. The molecule has 2 heteroatoms. The topological polar surface area (TPSA) is 16.4 Å². The number of rotatable bonds is 5. The van der Waals surface area contributed by atoms with E-state index in [1.807, 2.05) is 6.08 Å². The lowest BCUT2D eigenvalue weighted by molar-refractivity contribution is 0.550. The highest BCUT2D eigenvalue weighted by molar-refractivity contribution is 6.12. The van der Waals surface area contributed by atoms with Crippen molar-refractivity contribution in [2.45, 2.75) is 36.5 Å². The summed E-state index contributed by atoms with van der Waals surface area (Å²) in [6, 6.07) is 58.2. The number of para-hydroxylation sites is 2. The average Bonchev–Trinajstić information content (AvgIpc) is 4.04. The molecule has 1 fully saturated rings. The van der Waals surface area contributed by atoms with Gasteiger partial charge in [0.1, 0.15) is 11.2 Å². The van der Waals surface area contributed by atoms with E-state index in [0.717, 1.165) is 38.9 Å². The highest BCUT2D eigenvalue weighted by Gasteiger charge is 2.51. The lowest BCUT2D eigenvalue weighted by Gasteiger charge is -2.39. The molecule has 1 spiro atoms. The molecule has 56 heavy (non-hydrogen) atoms. The number of benzene rings is 7. The predicted octanol–water partition coefficient (Wildman–Crippen LogP) is 14.0. The monoisotopic (exact) mass is 715 g/mol. The van der Waals surface area contributed by atoms with E-state index < -0.39 is 5.41 Å². The second-order valence-corrected chi connectivity index (χ2v) is 15.7. The standard InChI is InChI=1S/C54H37NO/c1-3-18-36(19-4-1)54(43-27-12-7-22-38(43)39-23-8-13-28-44(39)54)52-47(32-33-49-51(52)41-25-10-14-31-48(41)56-49)55(37-20-5-2-6-21-37)46-30-17-29-45-50(46)40-24-9-11-26-42(40)53(45)34-15-16-35-53/h1-3,5-14,17-18,20-33H,15-16,34-35H2. The number of hydrogen-bond donors (Lipinski definition) is 0. The van der Waals surface area contributed by atoms with Crippen molar-refractivity contribution < 1.29 is 4.42 Å². The Bertz CT molecular complexity index is 3020. The Hall–Kier alpha value is -6.82. The third-order valence-corrected chi connectivity index (χ3v) is 13.1. The van der Waals surface area contributed by atoms with Crippen molar-refractivity contribution in [2.75, 3.05) is 4.90 Å². The fourth-order valence-corrected chi connectivity index (χ4v) is 11.0. The Morgan fingerprint density at radius 2 is 1.20 bits per heavy atom. The summed E-state index contributed by atoms with van der Waals surface area (Å²) < 4.78 is 6.80. The zero-order chi connectivity index (χ0) is 36.8. The first-order valence-electron chi connectivity index (χ1n) is 19.9. The molecule has 264 valence electrons. The van der Waals surface area contributed by atoms with Crippen LogP contribution in [0.4, 0.5) is 17.1 Å². The molecule has 1 aromatic heterocycles. The van der Waals surface area contributed by atoms with Crippen molar-refractivity contribution >= 4 is 39.0 Å². The number of anilines is 3. The molecule has 0 N–H and O–H groups in total. The lowest BCUT2D eigenvalue weighted by Crippen LogP contribution is -2.31. The molecule has 12 rings (SSSR count). The minimum absolute atomic E-state index is 0.0389. The molecule has 0 atom stereocenters. The first-order valence-corrected chi connectivity index (χ1v) is 19.9. The van der Waals surface area contributed by atoms with Gasteiger partial charge in [-0.2, -0.15) is 0 Å². The van der Waals surface area contributed by atoms with Crippen LogP contribution in [-0.2, 0) is 10.8 Å². The largest absolute Gasteiger partial charge is 0.456 e. The smallest absolute Gasteiger partial charge is 0.135 e. The molecule has 0 unspecified atom stereocenters. The highest BCUT2D eigenvalue weighted by atomic mass is 16.3. The van der Waals surface area contributed by atoms with Gasteiger partial charge < -0.3 is 9.32 Å². The Balaban J connectivity index is 1.29. The van der Waals surface area contributed by atoms with Crippen molar-refractivity contribution in [3.05, 3.63) is 221 Å². The maximum absolute atomic E-state index is 6.80. The van der Waals surface area contributed by atoms with Gasteiger partial charge >= 0.3 is 0 Å². The van der Waals surface area contributed by atoms with Crippen LogP contribution in [0.5, 0.6) is 0 Å². The maximum Gasteiger partial charge on any atom is 0.135 e. The van der Waals surface area contributed by atoms with Gasteiger partial charge in [-0.1, -0.05) is 152 Å². The molecule has 2 nitrogen and oxygen atoms in total. The summed E-state index contributed by atoms with van der Waals surface area (Å²) in [5, 5.41) is 2.21. The molecule has 8 aromatic rings. The summed E-state index contributed by atoms with van der Waals surface area (Å²) in [5.41, 5.74) is 24.3. The van der Waals surface area contributed by atoms with Gasteiger partial charge in [0.25, 0.3) is 0 Å². The van der Waals surface area contributed by atoms with E-state index in [0.29, 0.717) is 0 Å². The second-order valence-electron chi connectivity index (χ2n) is 15.7. The van der Waals surface area contributed by atoms with Crippen LogP contribution in [-0.4, -0.2) is 0 Å². The summed E-state index contributed by atoms with van der Waals surface area (Å²) in [6.45, 7) is 0. The van der Waals surface area contributed by atoms with Crippen LogP contribution in [0.25, 0.3) is 44.2 Å². The summed E-state index contributed by atoms with van der Waals surface area (Å²) >= 11 is 0. The van der Waals surface area contributed by atoms with Crippen molar-refractivity contribution in [3.8, 4) is 22.3 Å². The van der Waals surface area contributed by atoms with Crippen molar-refractivity contribution in [1.82, 2.24) is 0 Å². The van der Waals surface area contributed by atoms with Gasteiger partial charge in [0.15, 0.2) is 0 Å². The molecular weight excluding hydrogens is 679 g/mol. The normalized spacial score (nSPS) is 16.2. The summed E-state index contributed by atoms with van der Waals surface area (Å²) in [6.07, 6.45) is 11.2. The van der Waals surface area contributed by atoms with E-state index in [2.05, 4.69) is 186 Å². The van der Waals surface area contributed by atoms with Gasteiger partial charge in [-0.05, 0) is 100 Å². The van der Waals surface area contributed by atoms with Crippen molar-refractivity contribution in [1.29, 1.82) is 0 Å². The fourth-order valence-electron chi connectivity index (χ4n) is 11.0. The van der Waals surface area contributed by atoms with Gasteiger partial charge in [0.05, 0.1) is 16.8 Å². The zero-order valence-corrected chi connectivity index (χ0v) is 30.9. The molecule has 1 saturated carbocycles. The molecule has 7 aromatic carbocycles. The summed E-state index contributed by atoms with van der Waals surface area (Å²) in [5.74, 6) is 0. The molecule has 0 radical (unpaired) electrons. The van der Waals surface area contributed by atoms with E-state index in [1.165, 1.54) is 81.4 Å². The maximum atomic E-state index is 6.80. The third kappa shape index (κ3) is 4.07. The van der Waals surface area contributed by atoms with Crippen LogP contribution in [0.2, 0.25) is 0 Å². The van der Waals surface area contributed by atoms with Gasteiger partial charge in [-0.25, -0.2) is 0 Å². The van der Waals surface area contributed by atoms with Crippen molar-refractivity contribution in [3.63, 3.8) is 0 Å². The van der Waals surface area contributed by atoms with Crippen LogP contribution < -0.4 is 4.90 Å². The van der Waals surface area contributed by atoms with E-state index in [9.17, 15) is 0 Å². The molecule has 4 aliphatic carbocycles. The molecular formula is C54H37NO. The number of nitrogens with zero attached hydrogens (tertiary/aromatic N) is 1. The van der Waals surface area contributed by atoms with Gasteiger partial charge in [-0.3, -0.25) is 0 Å². The number of furan rings is 1. The fraction of sp³-hybridized carbons (Fsp3) is 0.111. The average molecular weight is 716 g/mol. The first kappa shape index (κ1) is 31.5. The molecule has 0 saturated heterocycles. The quantitative estimate of drug-likeness (QED) is 0.165. The SMILES string of the molecule is C1=C=C(C2(c3c(N(c4ccccc4)c4cccc5c4-c4ccccc4C54CCCC4)ccc4oc5ccccc5c34)c3ccccc3-c3ccccc32)C=CC=1. The Labute approximate surface area is 326 Å². The van der Waals surface area contributed by atoms with E-state index in [-0.39, 0.29) is 5.41 Å². The highest BCUT2D eigenvalue weighted by Crippen LogP contribution is 2.64. The minimum Gasteiger partial charge on any atom is -0.456 e. The summed E-state index contributed by atoms with van der Waals surface area (Å²) in [7, 11) is 0. The molecule has 0 amide bonds. The van der Waals surface area contributed by atoms with E-state index in [1.54, 1.807) is 0 Å². The van der Waals surface area contributed by atoms with Gasteiger partial charge in [-0.15, -0.1) is 0 Å². The Morgan fingerprint density at radius 3 is 1.95 bits per heavy atom. The number of allylic oxidation sites excluding steroid dienone is 4. The molecule has 0 aliphatic heterocycles. The molecule has 1 heterocycles. The molecule has 4 aliphatic rings. The van der Waals surface area contributed by atoms with Crippen LogP contribution in [0, 0.1) is 0 Å². The van der Waals surface area contributed by atoms with Gasteiger partial charge in [0.2, 0.25) is 0 Å². The van der Waals surface area contributed by atoms with Gasteiger partial charge in [0, 0.05) is 38.6 Å². The Kier molecular flexibility index (Phi) is 6.66. The van der Waals surface area contributed by atoms with Crippen LogP contribution in [0.1, 0.15) is 53.5 Å². The van der Waals surface area contributed by atoms with Crippen LogP contribution in [0.3, 0.4) is 0 Å². The molecule has 0 bridgehead atoms. The summed E-state index contributed by atoms with van der Waals surface area (Å²) in [4.78, 5) is 2.55.